The molecule has 0 aromatic heterocycles. The first-order valence-corrected chi connectivity index (χ1v) is 6.94. The summed E-state index contributed by atoms with van der Waals surface area (Å²) >= 11 is 5.84. The summed E-state index contributed by atoms with van der Waals surface area (Å²) in [5.74, 6) is -0.429. The van der Waals surface area contributed by atoms with E-state index in [1.807, 2.05) is 0 Å². The van der Waals surface area contributed by atoms with Crippen LogP contribution in [0.2, 0.25) is 5.02 Å². The van der Waals surface area contributed by atoms with Crippen LogP contribution >= 0.6 is 11.6 Å². The van der Waals surface area contributed by atoms with Crippen molar-refractivity contribution in [3.8, 4) is 5.75 Å². The molecule has 0 radical (unpaired) electrons. The van der Waals surface area contributed by atoms with E-state index >= 15 is 0 Å². The van der Waals surface area contributed by atoms with E-state index in [1.54, 1.807) is 12.1 Å². The van der Waals surface area contributed by atoms with Gasteiger partial charge in [0.2, 0.25) is 0 Å². The summed E-state index contributed by atoms with van der Waals surface area (Å²) in [6, 6.07) is 10.1. The number of aliphatic hydroxyl groups excluding tert-OH is 1. The Balaban J connectivity index is 2.02. The lowest BCUT2D eigenvalue weighted by Gasteiger charge is -2.13. The van der Waals surface area contributed by atoms with Crippen molar-refractivity contribution in [2.24, 2.45) is 0 Å². The zero-order valence-electron chi connectivity index (χ0n) is 11.8. The van der Waals surface area contributed by atoms with Gasteiger partial charge in [0.15, 0.2) is 0 Å². The lowest BCUT2D eigenvalue weighted by molar-refractivity contribution is 0.0913. The first-order valence-electron chi connectivity index (χ1n) is 6.56. The molecular weight excluding hydrogens is 309 g/mol. The number of amides is 1. The Morgan fingerprint density at radius 1 is 1.32 bits per heavy atom. The van der Waals surface area contributed by atoms with Crippen LogP contribution in [0.15, 0.2) is 42.5 Å². The van der Waals surface area contributed by atoms with Crippen molar-refractivity contribution in [3.63, 3.8) is 0 Å². The number of ether oxygens (including phenoxy) is 1. The maximum Gasteiger partial charge on any atom is 0.255 e. The van der Waals surface area contributed by atoms with Crippen molar-refractivity contribution < 1.29 is 19.0 Å². The van der Waals surface area contributed by atoms with Gasteiger partial charge in [0.05, 0.1) is 18.8 Å². The smallest absolute Gasteiger partial charge is 0.255 e. The highest BCUT2D eigenvalue weighted by molar-refractivity contribution is 6.30. The van der Waals surface area contributed by atoms with Crippen molar-refractivity contribution >= 4 is 17.5 Å². The van der Waals surface area contributed by atoms with E-state index in [4.69, 9.17) is 16.3 Å². The summed E-state index contributed by atoms with van der Waals surface area (Å²) in [6.45, 7) is -0.00372. The second-order valence-electron chi connectivity index (χ2n) is 4.62. The predicted molar refractivity (Wildman–Crippen MR) is 81.7 cm³/mol. The monoisotopic (exact) mass is 323 g/mol. The Labute approximate surface area is 132 Å². The quantitative estimate of drug-likeness (QED) is 0.889. The molecule has 2 aromatic rings. The van der Waals surface area contributed by atoms with Crippen molar-refractivity contribution in [2.75, 3.05) is 13.7 Å². The molecule has 1 amide bonds. The Morgan fingerprint density at radius 3 is 2.64 bits per heavy atom. The molecule has 0 aliphatic carbocycles. The number of rotatable bonds is 5. The van der Waals surface area contributed by atoms with Crippen LogP contribution in [0, 0.1) is 5.82 Å². The predicted octanol–water partition coefficient (Wildman–Crippen LogP) is 2.95. The lowest BCUT2D eigenvalue weighted by atomic mass is 10.1. The molecular formula is C16H15ClFNO3. The van der Waals surface area contributed by atoms with Crippen molar-refractivity contribution in [1.82, 2.24) is 5.32 Å². The molecule has 6 heteroatoms. The van der Waals surface area contributed by atoms with Gasteiger partial charge in [0.1, 0.15) is 11.6 Å². The minimum atomic E-state index is -0.928. The maximum atomic E-state index is 12.8. The molecule has 0 aliphatic heterocycles. The summed E-state index contributed by atoms with van der Waals surface area (Å²) in [7, 11) is 1.44. The molecule has 2 N–H and O–H groups in total. The maximum absolute atomic E-state index is 12.8. The zero-order valence-corrected chi connectivity index (χ0v) is 12.6. The molecule has 0 spiro atoms. The summed E-state index contributed by atoms with van der Waals surface area (Å²) < 4.78 is 17.9. The molecule has 2 rings (SSSR count). The third kappa shape index (κ3) is 3.96. The number of carbonyl (C=O) groups excluding carboxylic acids is 1. The van der Waals surface area contributed by atoms with E-state index in [0.29, 0.717) is 21.9 Å². The molecule has 1 atom stereocenters. The molecule has 0 aliphatic rings. The third-order valence-corrected chi connectivity index (χ3v) is 3.35. The first kappa shape index (κ1) is 16.3. The van der Waals surface area contributed by atoms with E-state index in [0.717, 1.165) is 0 Å². The number of hydrogen-bond donors (Lipinski definition) is 2. The van der Waals surface area contributed by atoms with E-state index in [9.17, 15) is 14.3 Å². The third-order valence-electron chi connectivity index (χ3n) is 3.12. The van der Waals surface area contributed by atoms with Crippen LogP contribution in [0.5, 0.6) is 5.75 Å². The standard InChI is InChI=1S/C16H15ClFNO3/c1-22-15-8-11(17)4-7-13(15)16(21)19-9-14(20)10-2-5-12(18)6-3-10/h2-8,14,20H,9H2,1H3,(H,19,21). The molecule has 4 nitrogen and oxygen atoms in total. The highest BCUT2D eigenvalue weighted by atomic mass is 35.5. The van der Waals surface area contributed by atoms with Crippen LogP contribution in [0.4, 0.5) is 4.39 Å². The average molecular weight is 324 g/mol. The summed E-state index contributed by atoms with van der Waals surface area (Å²) in [4.78, 5) is 12.1. The number of benzene rings is 2. The molecule has 22 heavy (non-hydrogen) atoms. The second kappa shape index (κ2) is 7.24. The Morgan fingerprint density at radius 2 is 2.00 bits per heavy atom. The Bertz CT molecular complexity index is 661. The topological polar surface area (TPSA) is 58.6 Å². The molecule has 0 heterocycles. The summed E-state index contributed by atoms with van der Waals surface area (Å²) in [5.41, 5.74) is 0.836. The number of carbonyl (C=O) groups is 1. The summed E-state index contributed by atoms with van der Waals surface area (Å²) in [5, 5.41) is 13.0. The van der Waals surface area contributed by atoms with Gasteiger partial charge in [-0.25, -0.2) is 4.39 Å². The molecule has 0 saturated carbocycles. The molecule has 1 unspecified atom stereocenters. The van der Waals surface area contributed by atoms with Crippen LogP contribution in [-0.4, -0.2) is 24.7 Å². The minimum absolute atomic E-state index is 0.00372. The average Bonchev–Trinajstić information content (AvgIpc) is 2.52. The van der Waals surface area contributed by atoms with Gasteiger partial charge in [-0.15, -0.1) is 0 Å². The van der Waals surface area contributed by atoms with Crippen LogP contribution in [0.3, 0.4) is 0 Å². The number of aliphatic hydroxyl groups is 1. The van der Waals surface area contributed by atoms with Crippen LogP contribution in [0.25, 0.3) is 0 Å². The first-order chi connectivity index (χ1) is 10.5. The fraction of sp³-hybridized carbons (Fsp3) is 0.188. The van der Waals surface area contributed by atoms with Crippen molar-refractivity contribution in [2.45, 2.75) is 6.10 Å². The fourth-order valence-corrected chi connectivity index (χ4v) is 2.10. The van der Waals surface area contributed by atoms with E-state index in [-0.39, 0.29) is 12.4 Å². The second-order valence-corrected chi connectivity index (χ2v) is 5.06. The zero-order chi connectivity index (χ0) is 16.1. The van der Waals surface area contributed by atoms with Crippen LogP contribution < -0.4 is 10.1 Å². The van der Waals surface area contributed by atoms with E-state index in [2.05, 4.69) is 5.32 Å². The van der Waals surface area contributed by atoms with Crippen LogP contribution in [0.1, 0.15) is 22.0 Å². The number of hydrogen-bond acceptors (Lipinski definition) is 3. The summed E-state index contributed by atoms with van der Waals surface area (Å²) in [6.07, 6.45) is -0.928. The number of methoxy groups -OCH3 is 1. The molecule has 0 bridgehead atoms. The van der Waals surface area contributed by atoms with E-state index in [1.165, 1.54) is 37.4 Å². The lowest BCUT2D eigenvalue weighted by Crippen LogP contribution is -2.28. The van der Waals surface area contributed by atoms with E-state index < -0.39 is 12.0 Å². The van der Waals surface area contributed by atoms with Gasteiger partial charge in [0, 0.05) is 11.6 Å². The van der Waals surface area contributed by atoms with Crippen molar-refractivity contribution in [3.05, 3.63) is 64.4 Å². The molecule has 116 valence electrons. The molecule has 0 saturated heterocycles. The van der Waals surface area contributed by atoms with Gasteiger partial charge in [-0.2, -0.15) is 0 Å². The van der Waals surface area contributed by atoms with Gasteiger partial charge in [-0.05, 0) is 35.9 Å². The van der Waals surface area contributed by atoms with Gasteiger partial charge >= 0.3 is 0 Å². The fourth-order valence-electron chi connectivity index (χ4n) is 1.94. The number of halogens is 2. The normalized spacial score (nSPS) is 11.8. The van der Waals surface area contributed by atoms with Crippen LogP contribution in [-0.2, 0) is 0 Å². The minimum Gasteiger partial charge on any atom is -0.496 e. The Hall–Kier alpha value is -2.11. The molecule has 0 fully saturated rings. The Kier molecular flexibility index (Phi) is 5.35. The van der Waals surface area contributed by atoms with Gasteiger partial charge in [0.25, 0.3) is 5.91 Å². The van der Waals surface area contributed by atoms with Gasteiger partial charge in [-0.1, -0.05) is 23.7 Å². The highest BCUT2D eigenvalue weighted by Gasteiger charge is 2.15. The largest absolute Gasteiger partial charge is 0.496 e. The van der Waals surface area contributed by atoms with Gasteiger partial charge in [-0.3, -0.25) is 4.79 Å². The SMILES string of the molecule is COc1cc(Cl)ccc1C(=O)NCC(O)c1ccc(F)cc1. The van der Waals surface area contributed by atoms with Crippen molar-refractivity contribution in [1.29, 1.82) is 0 Å². The van der Waals surface area contributed by atoms with Gasteiger partial charge < -0.3 is 15.2 Å². The molecule has 2 aromatic carbocycles. The number of nitrogens with one attached hydrogen (secondary N) is 1. The highest BCUT2D eigenvalue weighted by Crippen LogP contribution is 2.23.